The normalized spacial score (nSPS) is 13.6. The zero-order chi connectivity index (χ0) is 14.8. The number of aromatic nitrogens is 1. The highest BCUT2D eigenvalue weighted by atomic mass is 32.2. The molecule has 3 nitrogen and oxygen atoms in total. The van der Waals surface area contributed by atoms with Crippen molar-refractivity contribution in [2.45, 2.75) is 57.2 Å². The minimum Gasteiger partial charge on any atom is -0.478 e. The van der Waals surface area contributed by atoms with Crippen molar-refractivity contribution < 1.29 is 9.90 Å². The lowest BCUT2D eigenvalue weighted by molar-refractivity contribution is 0.0696. The lowest BCUT2D eigenvalue weighted by Gasteiger charge is -2.20. The number of hydrogen-bond acceptors (Lipinski definition) is 3. The molecule has 1 rings (SSSR count). The molecule has 0 aromatic carbocycles. The van der Waals surface area contributed by atoms with Crippen LogP contribution in [-0.4, -0.2) is 21.3 Å². The molecule has 19 heavy (non-hydrogen) atoms. The maximum absolute atomic E-state index is 11.2. The number of hydrogen-bond donors (Lipinski definition) is 1. The first-order valence-corrected chi connectivity index (χ1v) is 7.41. The Balaban J connectivity index is 3.17. The van der Waals surface area contributed by atoms with Gasteiger partial charge < -0.3 is 5.11 Å². The van der Waals surface area contributed by atoms with Crippen molar-refractivity contribution in [3.8, 4) is 0 Å². The van der Waals surface area contributed by atoms with E-state index in [1.807, 2.05) is 20.8 Å². The highest BCUT2D eigenvalue weighted by Crippen LogP contribution is 2.30. The van der Waals surface area contributed by atoms with Gasteiger partial charge in [0.25, 0.3) is 0 Å². The fraction of sp³-hybridized carbons (Fsp3) is 0.600. The fourth-order valence-electron chi connectivity index (χ4n) is 1.40. The van der Waals surface area contributed by atoms with E-state index in [-0.39, 0.29) is 5.41 Å². The van der Waals surface area contributed by atoms with E-state index >= 15 is 0 Å². The van der Waals surface area contributed by atoms with Gasteiger partial charge in [-0.2, -0.15) is 0 Å². The van der Waals surface area contributed by atoms with Crippen LogP contribution in [0.2, 0.25) is 0 Å². The minimum atomic E-state index is -0.896. The first kappa shape index (κ1) is 16.0. The van der Waals surface area contributed by atoms with E-state index in [1.165, 1.54) is 0 Å². The quantitative estimate of drug-likeness (QED) is 0.840. The van der Waals surface area contributed by atoms with Gasteiger partial charge in [0.05, 0.1) is 10.6 Å². The van der Waals surface area contributed by atoms with Gasteiger partial charge in [-0.05, 0) is 18.1 Å². The van der Waals surface area contributed by atoms with E-state index in [1.54, 1.807) is 23.9 Å². The molecule has 0 saturated heterocycles. The van der Waals surface area contributed by atoms with Crippen molar-refractivity contribution in [3.05, 3.63) is 23.4 Å². The number of carboxylic acids is 1. The fourth-order valence-corrected chi connectivity index (χ4v) is 2.40. The second kappa shape index (κ2) is 5.95. The highest BCUT2D eigenvalue weighted by Gasteiger charge is 2.20. The maximum Gasteiger partial charge on any atom is 0.335 e. The third kappa shape index (κ3) is 4.53. The van der Waals surface area contributed by atoms with Crippen LogP contribution in [-0.2, 0) is 5.41 Å². The van der Waals surface area contributed by atoms with E-state index in [9.17, 15) is 9.90 Å². The largest absolute Gasteiger partial charge is 0.478 e. The van der Waals surface area contributed by atoms with Gasteiger partial charge in [0, 0.05) is 16.4 Å². The summed E-state index contributed by atoms with van der Waals surface area (Å²) in [6, 6.07) is 3.34. The number of carbonyl (C=O) groups is 1. The van der Waals surface area contributed by atoms with Crippen molar-refractivity contribution in [1.82, 2.24) is 4.98 Å². The Morgan fingerprint density at radius 1 is 1.26 bits per heavy atom. The summed E-state index contributed by atoms with van der Waals surface area (Å²) >= 11 is 1.64. The molecule has 0 bridgehead atoms. The van der Waals surface area contributed by atoms with Gasteiger partial charge in [-0.1, -0.05) is 41.5 Å². The second-order valence-corrected chi connectivity index (χ2v) is 7.60. The predicted molar refractivity (Wildman–Crippen MR) is 80.1 cm³/mol. The number of thioether (sulfide) groups is 1. The summed E-state index contributed by atoms with van der Waals surface area (Å²) in [4.78, 5) is 15.8. The van der Waals surface area contributed by atoms with Crippen LogP contribution in [0.1, 0.15) is 57.6 Å². The Labute approximate surface area is 119 Å². The molecule has 0 aliphatic rings. The summed E-state index contributed by atoms with van der Waals surface area (Å²) in [7, 11) is 0. The standard InChI is InChI=1S/C15H23NO2S/c1-9(2)10(3)19-13-8-11(14(17)18)7-12(16-13)15(4,5)6/h7-10H,1-6H3,(H,17,18). The van der Waals surface area contributed by atoms with E-state index in [2.05, 4.69) is 25.8 Å². The average Bonchev–Trinajstić information content (AvgIpc) is 2.27. The number of aromatic carboxylic acids is 1. The Morgan fingerprint density at radius 3 is 2.26 bits per heavy atom. The molecular weight excluding hydrogens is 258 g/mol. The minimum absolute atomic E-state index is 0.151. The van der Waals surface area contributed by atoms with Gasteiger partial charge in [0.2, 0.25) is 0 Å². The van der Waals surface area contributed by atoms with Crippen LogP contribution in [0.4, 0.5) is 0 Å². The lowest BCUT2D eigenvalue weighted by atomic mass is 9.91. The van der Waals surface area contributed by atoms with Crippen molar-refractivity contribution in [2.24, 2.45) is 5.92 Å². The molecular formula is C15H23NO2S. The molecule has 1 aromatic heterocycles. The maximum atomic E-state index is 11.2. The van der Waals surface area contributed by atoms with Gasteiger partial charge >= 0.3 is 5.97 Å². The molecule has 0 fully saturated rings. The van der Waals surface area contributed by atoms with Crippen molar-refractivity contribution in [3.63, 3.8) is 0 Å². The zero-order valence-electron chi connectivity index (χ0n) is 12.5. The van der Waals surface area contributed by atoms with Crippen LogP contribution in [0.3, 0.4) is 0 Å². The van der Waals surface area contributed by atoms with E-state index in [0.717, 1.165) is 10.7 Å². The number of nitrogens with zero attached hydrogens (tertiary/aromatic N) is 1. The predicted octanol–water partition coefficient (Wildman–Crippen LogP) is 4.21. The summed E-state index contributed by atoms with van der Waals surface area (Å²) in [6.45, 7) is 12.6. The Morgan fingerprint density at radius 2 is 1.84 bits per heavy atom. The van der Waals surface area contributed by atoms with E-state index in [0.29, 0.717) is 16.7 Å². The summed E-state index contributed by atoms with van der Waals surface area (Å²) in [5, 5.41) is 10.4. The zero-order valence-corrected chi connectivity index (χ0v) is 13.3. The van der Waals surface area contributed by atoms with Gasteiger partial charge in [-0.15, -0.1) is 11.8 Å². The van der Waals surface area contributed by atoms with Gasteiger partial charge in [-0.3, -0.25) is 0 Å². The van der Waals surface area contributed by atoms with Gasteiger partial charge in [0.15, 0.2) is 0 Å². The molecule has 0 aliphatic heterocycles. The number of rotatable bonds is 4. The average molecular weight is 281 g/mol. The Hall–Kier alpha value is -1.03. The summed E-state index contributed by atoms with van der Waals surface area (Å²) in [6.07, 6.45) is 0. The SMILES string of the molecule is CC(C)C(C)Sc1cc(C(=O)O)cc(C(C)(C)C)n1. The van der Waals surface area contributed by atoms with E-state index < -0.39 is 5.97 Å². The molecule has 1 N–H and O–H groups in total. The van der Waals surface area contributed by atoms with Gasteiger partial charge in [-0.25, -0.2) is 9.78 Å². The second-order valence-electron chi connectivity index (χ2n) is 6.20. The third-order valence-corrected chi connectivity index (χ3v) is 4.43. The highest BCUT2D eigenvalue weighted by molar-refractivity contribution is 7.99. The molecule has 0 spiro atoms. The monoisotopic (exact) mass is 281 g/mol. The van der Waals surface area contributed by atoms with Crippen LogP contribution in [0.5, 0.6) is 0 Å². The lowest BCUT2D eigenvalue weighted by Crippen LogP contribution is -2.16. The molecule has 0 radical (unpaired) electrons. The number of pyridine rings is 1. The Bertz CT molecular complexity index is 464. The van der Waals surface area contributed by atoms with Crippen LogP contribution in [0.25, 0.3) is 0 Å². The van der Waals surface area contributed by atoms with E-state index in [4.69, 9.17) is 0 Å². The van der Waals surface area contributed by atoms with Crippen LogP contribution < -0.4 is 0 Å². The molecule has 1 heterocycles. The molecule has 0 aliphatic carbocycles. The molecule has 0 saturated carbocycles. The topological polar surface area (TPSA) is 50.2 Å². The van der Waals surface area contributed by atoms with Crippen LogP contribution in [0.15, 0.2) is 17.2 Å². The number of carboxylic acid groups (broad SMARTS) is 1. The summed E-state index contributed by atoms with van der Waals surface area (Å²) < 4.78 is 0. The van der Waals surface area contributed by atoms with Crippen LogP contribution in [0, 0.1) is 5.92 Å². The van der Waals surface area contributed by atoms with Crippen molar-refractivity contribution >= 4 is 17.7 Å². The molecule has 1 unspecified atom stereocenters. The third-order valence-electron chi connectivity index (χ3n) is 3.06. The van der Waals surface area contributed by atoms with Crippen LogP contribution >= 0.6 is 11.8 Å². The summed E-state index contributed by atoms with van der Waals surface area (Å²) in [5.41, 5.74) is 0.992. The molecule has 1 atom stereocenters. The molecule has 106 valence electrons. The molecule has 4 heteroatoms. The smallest absolute Gasteiger partial charge is 0.335 e. The van der Waals surface area contributed by atoms with Crippen molar-refractivity contribution in [2.75, 3.05) is 0 Å². The molecule has 1 aromatic rings. The first-order chi connectivity index (χ1) is 8.61. The van der Waals surface area contributed by atoms with Crippen molar-refractivity contribution in [1.29, 1.82) is 0 Å². The Kier molecular flexibility index (Phi) is 5.02. The first-order valence-electron chi connectivity index (χ1n) is 6.53. The van der Waals surface area contributed by atoms with Gasteiger partial charge in [0.1, 0.15) is 0 Å². The summed E-state index contributed by atoms with van der Waals surface area (Å²) in [5.74, 6) is -0.370. The molecule has 0 amide bonds.